The highest BCUT2D eigenvalue weighted by Gasteiger charge is 2.39. The van der Waals surface area contributed by atoms with Crippen LogP contribution in [-0.4, -0.2) is 51.1 Å². The summed E-state index contributed by atoms with van der Waals surface area (Å²) in [5.41, 5.74) is 0.171. The van der Waals surface area contributed by atoms with Gasteiger partial charge < -0.3 is 14.8 Å². The van der Waals surface area contributed by atoms with Crippen LogP contribution in [0.5, 0.6) is 5.75 Å². The average molecular weight is 436 g/mol. The number of carbonyl (C=O) groups excluding carboxylic acids is 2. The molecule has 3 aromatic rings. The number of non-ortho nitro benzene ring substituents is 1. The lowest BCUT2D eigenvalue weighted by molar-refractivity contribution is -0.384. The molecule has 0 saturated carbocycles. The molecule has 12 heteroatoms. The van der Waals surface area contributed by atoms with E-state index in [1.165, 1.54) is 43.2 Å². The summed E-state index contributed by atoms with van der Waals surface area (Å²) in [4.78, 5) is 37.1. The van der Waals surface area contributed by atoms with E-state index in [4.69, 9.17) is 9.47 Å². The molecular weight excluding hydrogens is 420 g/mol. The standard InChI is InChI=1S/C20H16N6O6/c1-31-14-8-4-6-12(10-14)18(27)15-16(19(28)32-2)21-20-22-23-24-25(20)17(15)11-5-3-7-13(9-11)26(29)30/h3-10,17H,1-2H3,(H,21,22,24)/t17-/m0/s1. The number of nitrogens with zero attached hydrogens (tertiary/aromatic N) is 5. The van der Waals surface area contributed by atoms with Crippen LogP contribution in [0.15, 0.2) is 59.8 Å². The SMILES string of the molecule is COC(=O)C1=C(C(=O)c2cccc(OC)c2)[C@H](c2cccc([N+](=O)[O-])c2)n2nnnc2N1. The molecule has 2 heterocycles. The number of esters is 1. The number of methoxy groups -OCH3 is 2. The van der Waals surface area contributed by atoms with Crippen molar-refractivity contribution in [2.45, 2.75) is 6.04 Å². The van der Waals surface area contributed by atoms with Crippen molar-refractivity contribution in [2.75, 3.05) is 19.5 Å². The lowest BCUT2D eigenvalue weighted by Gasteiger charge is -2.28. The highest BCUT2D eigenvalue weighted by Crippen LogP contribution is 2.37. The third-order valence-electron chi connectivity index (χ3n) is 4.88. The summed E-state index contributed by atoms with van der Waals surface area (Å²) >= 11 is 0. The van der Waals surface area contributed by atoms with E-state index in [2.05, 4.69) is 20.8 Å². The Morgan fingerprint density at radius 2 is 1.94 bits per heavy atom. The number of hydrogen-bond acceptors (Lipinski definition) is 10. The van der Waals surface area contributed by atoms with E-state index in [1.54, 1.807) is 24.3 Å². The van der Waals surface area contributed by atoms with E-state index in [0.717, 1.165) is 0 Å². The molecule has 32 heavy (non-hydrogen) atoms. The lowest BCUT2D eigenvalue weighted by atomic mass is 9.89. The minimum Gasteiger partial charge on any atom is -0.497 e. The fraction of sp³-hybridized carbons (Fsp3) is 0.150. The summed E-state index contributed by atoms with van der Waals surface area (Å²) in [6.07, 6.45) is 0. The molecule has 0 aliphatic carbocycles. The Labute approximate surface area is 180 Å². The summed E-state index contributed by atoms with van der Waals surface area (Å²) in [5.74, 6) is -0.839. The van der Waals surface area contributed by atoms with E-state index < -0.39 is 22.7 Å². The minimum absolute atomic E-state index is 0.0367. The van der Waals surface area contributed by atoms with Crippen molar-refractivity contribution in [1.29, 1.82) is 0 Å². The maximum absolute atomic E-state index is 13.7. The van der Waals surface area contributed by atoms with E-state index in [1.807, 2.05) is 0 Å². The van der Waals surface area contributed by atoms with Gasteiger partial charge in [0.2, 0.25) is 5.95 Å². The number of carbonyl (C=O) groups is 2. The van der Waals surface area contributed by atoms with Crippen molar-refractivity contribution in [3.05, 3.63) is 81.0 Å². The number of Topliss-reactive ketones (excluding diaryl/α,β-unsaturated/α-hetero) is 1. The number of nitrogens with one attached hydrogen (secondary N) is 1. The first-order valence-corrected chi connectivity index (χ1v) is 9.25. The Kier molecular flexibility index (Phi) is 5.33. The topological polar surface area (TPSA) is 151 Å². The van der Waals surface area contributed by atoms with Gasteiger partial charge in [-0.2, -0.15) is 4.68 Å². The van der Waals surface area contributed by atoms with E-state index in [0.29, 0.717) is 11.3 Å². The van der Waals surface area contributed by atoms with Gasteiger partial charge in [-0.25, -0.2) is 4.79 Å². The zero-order valence-corrected chi connectivity index (χ0v) is 16.9. The molecule has 1 aromatic heterocycles. The number of hydrogen-bond donors (Lipinski definition) is 1. The second kappa shape index (κ2) is 8.26. The molecule has 1 aliphatic heterocycles. The summed E-state index contributed by atoms with van der Waals surface area (Å²) in [7, 11) is 2.63. The number of ether oxygens (including phenoxy) is 2. The van der Waals surface area contributed by atoms with Gasteiger partial charge in [0, 0.05) is 17.7 Å². The van der Waals surface area contributed by atoms with Crippen LogP contribution in [0.25, 0.3) is 0 Å². The summed E-state index contributed by atoms with van der Waals surface area (Å²) < 4.78 is 11.3. The first-order chi connectivity index (χ1) is 15.4. The Bertz CT molecular complexity index is 1270. The van der Waals surface area contributed by atoms with Crippen LogP contribution in [-0.2, 0) is 9.53 Å². The van der Waals surface area contributed by atoms with Gasteiger partial charge in [-0.05, 0) is 28.1 Å². The molecule has 1 atom stereocenters. The minimum atomic E-state index is -1.03. The van der Waals surface area contributed by atoms with Crippen LogP contribution in [0, 0.1) is 10.1 Å². The molecule has 4 rings (SSSR count). The number of nitro benzene ring substituents is 1. The predicted octanol–water partition coefficient (Wildman–Crippen LogP) is 1.91. The van der Waals surface area contributed by atoms with Crippen molar-refractivity contribution >= 4 is 23.4 Å². The van der Waals surface area contributed by atoms with Gasteiger partial charge in [0.15, 0.2) is 5.78 Å². The van der Waals surface area contributed by atoms with Gasteiger partial charge in [0.25, 0.3) is 5.69 Å². The number of anilines is 1. The number of rotatable bonds is 6. The molecule has 0 amide bonds. The van der Waals surface area contributed by atoms with Crippen LogP contribution >= 0.6 is 0 Å². The van der Waals surface area contributed by atoms with Crippen molar-refractivity contribution in [1.82, 2.24) is 20.2 Å². The van der Waals surface area contributed by atoms with Crippen molar-refractivity contribution in [3.8, 4) is 5.75 Å². The molecular formula is C20H16N6O6. The molecule has 2 aromatic carbocycles. The lowest BCUT2D eigenvalue weighted by Crippen LogP contribution is -2.33. The van der Waals surface area contributed by atoms with Gasteiger partial charge in [-0.15, -0.1) is 0 Å². The maximum atomic E-state index is 13.7. The molecule has 12 nitrogen and oxygen atoms in total. The van der Waals surface area contributed by atoms with E-state index >= 15 is 0 Å². The van der Waals surface area contributed by atoms with Crippen LogP contribution in [0.2, 0.25) is 0 Å². The van der Waals surface area contributed by atoms with Crippen LogP contribution in [0.4, 0.5) is 11.6 Å². The monoisotopic (exact) mass is 436 g/mol. The second-order valence-electron chi connectivity index (χ2n) is 6.67. The summed E-state index contributed by atoms with van der Waals surface area (Å²) in [6.45, 7) is 0. The van der Waals surface area contributed by atoms with Gasteiger partial charge in [0.05, 0.1) is 24.7 Å². The normalized spacial score (nSPS) is 14.9. The number of benzene rings is 2. The van der Waals surface area contributed by atoms with Crippen molar-refractivity contribution in [3.63, 3.8) is 0 Å². The van der Waals surface area contributed by atoms with Crippen molar-refractivity contribution in [2.24, 2.45) is 0 Å². The molecule has 0 radical (unpaired) electrons. The quantitative estimate of drug-likeness (QED) is 0.262. The van der Waals surface area contributed by atoms with Gasteiger partial charge in [-0.3, -0.25) is 14.9 Å². The van der Waals surface area contributed by atoms with E-state index in [-0.39, 0.29) is 28.5 Å². The molecule has 0 bridgehead atoms. The highest BCUT2D eigenvalue weighted by atomic mass is 16.6. The first-order valence-electron chi connectivity index (χ1n) is 9.25. The number of aromatic nitrogens is 4. The summed E-state index contributed by atoms with van der Waals surface area (Å²) in [5, 5.41) is 25.4. The average Bonchev–Trinajstić information content (AvgIpc) is 3.30. The Hall–Kier alpha value is -4.61. The number of fused-ring (bicyclic) bond motifs is 1. The van der Waals surface area contributed by atoms with Crippen molar-refractivity contribution < 1.29 is 24.0 Å². The third-order valence-corrected chi connectivity index (χ3v) is 4.88. The summed E-state index contributed by atoms with van der Waals surface area (Å²) in [6, 6.07) is 11.0. The van der Waals surface area contributed by atoms with Gasteiger partial charge >= 0.3 is 5.97 Å². The molecule has 0 saturated heterocycles. The van der Waals surface area contributed by atoms with Gasteiger partial charge in [0.1, 0.15) is 17.5 Å². The Morgan fingerprint density at radius 3 is 2.66 bits per heavy atom. The molecule has 0 fully saturated rings. The third kappa shape index (κ3) is 3.53. The largest absolute Gasteiger partial charge is 0.497 e. The zero-order valence-electron chi connectivity index (χ0n) is 16.9. The molecule has 0 unspecified atom stereocenters. The highest BCUT2D eigenvalue weighted by molar-refractivity contribution is 6.15. The fourth-order valence-electron chi connectivity index (χ4n) is 3.42. The number of tetrazole rings is 1. The smallest absolute Gasteiger partial charge is 0.355 e. The Balaban J connectivity index is 1.96. The molecule has 162 valence electrons. The van der Waals surface area contributed by atoms with Crippen LogP contribution < -0.4 is 10.1 Å². The zero-order chi connectivity index (χ0) is 22.8. The van der Waals surface area contributed by atoms with E-state index in [9.17, 15) is 19.7 Å². The second-order valence-corrected chi connectivity index (χ2v) is 6.67. The predicted molar refractivity (Wildman–Crippen MR) is 109 cm³/mol. The van der Waals surface area contributed by atoms with Gasteiger partial charge in [-0.1, -0.05) is 29.4 Å². The molecule has 1 N–H and O–H groups in total. The molecule has 1 aliphatic rings. The van der Waals surface area contributed by atoms with Crippen LogP contribution in [0.3, 0.4) is 0 Å². The maximum Gasteiger partial charge on any atom is 0.355 e. The number of allylic oxidation sites excluding steroid dienone is 1. The first kappa shape index (κ1) is 20.7. The Morgan fingerprint density at radius 1 is 1.16 bits per heavy atom. The number of ketones is 1. The van der Waals surface area contributed by atoms with Crippen LogP contribution in [0.1, 0.15) is 22.0 Å². The number of nitro groups is 1. The fourth-order valence-corrected chi connectivity index (χ4v) is 3.42. The molecule has 0 spiro atoms.